The molecular formula is C15H20O3. The van der Waals surface area contributed by atoms with Crippen molar-refractivity contribution in [3.8, 4) is 11.5 Å². The fourth-order valence-electron chi connectivity index (χ4n) is 3.25. The molecule has 2 aliphatic rings. The number of aromatic hydroxyl groups is 1. The van der Waals surface area contributed by atoms with Crippen molar-refractivity contribution in [1.82, 2.24) is 0 Å². The van der Waals surface area contributed by atoms with Crippen molar-refractivity contribution in [2.24, 2.45) is 0 Å². The van der Waals surface area contributed by atoms with Crippen LogP contribution in [0, 0.1) is 13.8 Å². The molecule has 98 valence electrons. The number of aliphatic hydroxyl groups excluding tert-OH is 1. The molecule has 1 aliphatic carbocycles. The lowest BCUT2D eigenvalue weighted by Crippen LogP contribution is -2.46. The number of ether oxygens (including phenoxy) is 1. The van der Waals surface area contributed by atoms with Gasteiger partial charge in [-0.1, -0.05) is 0 Å². The second kappa shape index (κ2) is 3.89. The Morgan fingerprint density at radius 1 is 1.17 bits per heavy atom. The first kappa shape index (κ1) is 11.8. The van der Waals surface area contributed by atoms with Gasteiger partial charge in [0.15, 0.2) is 0 Å². The van der Waals surface area contributed by atoms with E-state index in [1.807, 2.05) is 13.8 Å². The first-order valence-corrected chi connectivity index (χ1v) is 6.72. The fourth-order valence-corrected chi connectivity index (χ4v) is 3.25. The summed E-state index contributed by atoms with van der Waals surface area (Å²) in [6.07, 6.45) is 5.46. The summed E-state index contributed by atoms with van der Waals surface area (Å²) in [5, 5.41) is 19.7. The highest BCUT2D eigenvalue weighted by atomic mass is 16.5. The molecular weight excluding hydrogens is 228 g/mol. The van der Waals surface area contributed by atoms with Gasteiger partial charge in [0.25, 0.3) is 0 Å². The van der Waals surface area contributed by atoms with Gasteiger partial charge in [0.2, 0.25) is 0 Å². The van der Waals surface area contributed by atoms with Crippen LogP contribution in [0.5, 0.6) is 11.5 Å². The van der Waals surface area contributed by atoms with Crippen molar-refractivity contribution in [2.75, 3.05) is 0 Å². The standard InChI is InChI=1S/C15H20O3/c1-9-11-4-7-15(5-3-6-15)18-14(11)12(8-16)10(2)13(9)17/h16-17H,3-8H2,1-2H3. The molecule has 0 atom stereocenters. The van der Waals surface area contributed by atoms with Crippen LogP contribution < -0.4 is 4.74 Å². The molecule has 1 aromatic rings. The summed E-state index contributed by atoms with van der Waals surface area (Å²) in [5.74, 6) is 1.15. The Morgan fingerprint density at radius 3 is 2.44 bits per heavy atom. The molecule has 0 amide bonds. The van der Waals surface area contributed by atoms with Crippen LogP contribution in [-0.4, -0.2) is 15.8 Å². The Bertz CT molecular complexity index is 478. The van der Waals surface area contributed by atoms with E-state index in [4.69, 9.17) is 4.74 Å². The molecule has 0 aromatic heterocycles. The van der Waals surface area contributed by atoms with Crippen LogP contribution in [0.1, 0.15) is 47.9 Å². The average molecular weight is 248 g/mol. The molecule has 1 saturated carbocycles. The van der Waals surface area contributed by atoms with Crippen molar-refractivity contribution >= 4 is 0 Å². The van der Waals surface area contributed by atoms with Crippen molar-refractivity contribution in [2.45, 2.75) is 58.2 Å². The molecule has 1 fully saturated rings. The Labute approximate surface area is 107 Å². The Hall–Kier alpha value is -1.22. The molecule has 0 bridgehead atoms. The van der Waals surface area contributed by atoms with E-state index in [0.29, 0.717) is 5.75 Å². The van der Waals surface area contributed by atoms with E-state index in [2.05, 4.69) is 0 Å². The van der Waals surface area contributed by atoms with Gasteiger partial charge in [0.05, 0.1) is 6.61 Å². The van der Waals surface area contributed by atoms with Crippen LogP contribution in [-0.2, 0) is 13.0 Å². The highest BCUT2D eigenvalue weighted by Crippen LogP contribution is 2.49. The largest absolute Gasteiger partial charge is 0.507 e. The first-order valence-electron chi connectivity index (χ1n) is 6.72. The van der Waals surface area contributed by atoms with Gasteiger partial charge in [-0.25, -0.2) is 0 Å². The Kier molecular flexibility index (Phi) is 2.56. The van der Waals surface area contributed by atoms with Gasteiger partial charge in [-0.3, -0.25) is 0 Å². The fraction of sp³-hybridized carbons (Fsp3) is 0.600. The minimum absolute atomic E-state index is 0.0206. The lowest BCUT2D eigenvalue weighted by Gasteiger charge is -2.46. The number of rotatable bonds is 1. The van der Waals surface area contributed by atoms with Crippen molar-refractivity contribution in [3.05, 3.63) is 22.3 Å². The first-order chi connectivity index (χ1) is 8.58. The van der Waals surface area contributed by atoms with Crippen LogP contribution in [0.25, 0.3) is 0 Å². The van der Waals surface area contributed by atoms with Crippen LogP contribution in [0.4, 0.5) is 0 Å². The van der Waals surface area contributed by atoms with Gasteiger partial charge in [0.1, 0.15) is 17.1 Å². The lowest BCUT2D eigenvalue weighted by molar-refractivity contribution is -0.0268. The second-order valence-corrected chi connectivity index (χ2v) is 5.68. The average Bonchev–Trinajstić information content (AvgIpc) is 2.34. The lowest BCUT2D eigenvalue weighted by atomic mass is 9.73. The number of hydrogen-bond donors (Lipinski definition) is 2. The Balaban J connectivity index is 2.14. The van der Waals surface area contributed by atoms with Gasteiger partial charge in [-0.05, 0) is 51.5 Å². The second-order valence-electron chi connectivity index (χ2n) is 5.68. The van der Waals surface area contributed by atoms with E-state index in [0.717, 1.165) is 53.7 Å². The number of aliphatic hydroxyl groups is 1. The number of phenols is 1. The number of benzene rings is 1. The van der Waals surface area contributed by atoms with Crippen molar-refractivity contribution in [1.29, 1.82) is 0 Å². The molecule has 0 radical (unpaired) electrons. The molecule has 0 saturated heterocycles. The Morgan fingerprint density at radius 2 is 1.89 bits per heavy atom. The summed E-state index contributed by atoms with van der Waals surface area (Å²) in [4.78, 5) is 0. The molecule has 2 N–H and O–H groups in total. The normalized spacial score (nSPS) is 20.2. The third kappa shape index (κ3) is 1.46. The van der Waals surface area contributed by atoms with E-state index in [9.17, 15) is 10.2 Å². The molecule has 3 rings (SSSR count). The molecule has 1 spiro atoms. The molecule has 0 unspecified atom stereocenters. The monoisotopic (exact) mass is 248 g/mol. The summed E-state index contributed by atoms with van der Waals surface area (Å²) in [6.45, 7) is 3.71. The van der Waals surface area contributed by atoms with Gasteiger partial charge >= 0.3 is 0 Å². The van der Waals surface area contributed by atoms with E-state index in [1.165, 1.54) is 6.42 Å². The summed E-state index contributed by atoms with van der Waals surface area (Å²) < 4.78 is 6.22. The summed E-state index contributed by atoms with van der Waals surface area (Å²) >= 11 is 0. The van der Waals surface area contributed by atoms with Crippen LogP contribution in [0.2, 0.25) is 0 Å². The summed E-state index contributed by atoms with van der Waals surface area (Å²) in [6, 6.07) is 0. The smallest absolute Gasteiger partial charge is 0.129 e. The van der Waals surface area contributed by atoms with Gasteiger partial charge in [-0.15, -0.1) is 0 Å². The maximum atomic E-state index is 10.1. The zero-order chi connectivity index (χ0) is 12.9. The summed E-state index contributed by atoms with van der Waals surface area (Å²) in [5.41, 5.74) is 3.53. The number of hydrogen-bond acceptors (Lipinski definition) is 3. The molecule has 18 heavy (non-hydrogen) atoms. The minimum atomic E-state index is -0.0713. The van der Waals surface area contributed by atoms with E-state index in [1.54, 1.807) is 0 Å². The summed E-state index contributed by atoms with van der Waals surface area (Å²) in [7, 11) is 0. The van der Waals surface area contributed by atoms with E-state index in [-0.39, 0.29) is 12.2 Å². The maximum absolute atomic E-state index is 10.1. The highest BCUT2D eigenvalue weighted by molar-refractivity contribution is 5.58. The zero-order valence-electron chi connectivity index (χ0n) is 11.0. The predicted octanol–water partition coefficient (Wildman–Crippen LogP) is 2.75. The maximum Gasteiger partial charge on any atom is 0.129 e. The SMILES string of the molecule is Cc1c(O)c(C)c2c(c1CO)OC1(CCC1)CC2. The van der Waals surface area contributed by atoms with E-state index >= 15 is 0 Å². The van der Waals surface area contributed by atoms with Gasteiger partial charge in [0, 0.05) is 16.7 Å². The predicted molar refractivity (Wildman–Crippen MR) is 69.0 cm³/mol. The third-order valence-electron chi connectivity index (χ3n) is 4.74. The third-order valence-corrected chi connectivity index (χ3v) is 4.74. The topological polar surface area (TPSA) is 49.7 Å². The van der Waals surface area contributed by atoms with Gasteiger partial charge in [-0.2, -0.15) is 0 Å². The van der Waals surface area contributed by atoms with Gasteiger partial charge < -0.3 is 14.9 Å². The molecule has 3 nitrogen and oxygen atoms in total. The van der Waals surface area contributed by atoms with E-state index < -0.39 is 0 Å². The van der Waals surface area contributed by atoms with Crippen LogP contribution in [0.3, 0.4) is 0 Å². The highest BCUT2D eigenvalue weighted by Gasteiger charge is 2.43. The molecule has 1 aromatic carbocycles. The van der Waals surface area contributed by atoms with Crippen LogP contribution >= 0.6 is 0 Å². The number of fused-ring (bicyclic) bond motifs is 1. The van der Waals surface area contributed by atoms with Crippen LogP contribution in [0.15, 0.2) is 0 Å². The zero-order valence-corrected chi connectivity index (χ0v) is 11.0. The van der Waals surface area contributed by atoms with Crippen molar-refractivity contribution < 1.29 is 14.9 Å². The number of phenolic OH excluding ortho intramolecular Hbond substituents is 1. The molecule has 3 heteroatoms. The molecule has 1 aliphatic heterocycles. The molecule has 1 heterocycles. The minimum Gasteiger partial charge on any atom is -0.507 e. The van der Waals surface area contributed by atoms with Crippen molar-refractivity contribution in [3.63, 3.8) is 0 Å². The quantitative estimate of drug-likeness (QED) is 0.803.